The number of nitrogens with zero attached hydrogens (tertiary/aromatic N) is 4. The van der Waals surface area contributed by atoms with E-state index < -0.39 is 0 Å². The minimum absolute atomic E-state index is 0.280. The van der Waals surface area contributed by atoms with Crippen molar-refractivity contribution < 1.29 is 9.47 Å². The van der Waals surface area contributed by atoms with E-state index in [1.807, 2.05) is 84.9 Å². The SMILES string of the molecule is [Na][c]1cc(Nc2nc(Cl)cc(Oc3ccc4ccccc4c3)n2)ccc1-c1ccc(Nc2nc(Cl)cc(Oc3ccc4ccccc4c3)n2)c[c]1[Na]. The number of benzene rings is 6. The van der Waals surface area contributed by atoms with Crippen LogP contribution in [0.5, 0.6) is 23.3 Å². The Morgan fingerprint density at radius 3 is 1.29 bits per heavy atom. The monoisotopic (exact) mass is 736 g/mol. The minimum atomic E-state index is 0.280. The summed E-state index contributed by atoms with van der Waals surface area (Å²) in [5.74, 6) is 2.75. The summed E-state index contributed by atoms with van der Waals surface area (Å²) in [4.78, 5) is 17.9. The van der Waals surface area contributed by atoms with Crippen molar-refractivity contribution in [3.8, 4) is 34.4 Å². The van der Waals surface area contributed by atoms with Crippen molar-refractivity contribution in [2.24, 2.45) is 0 Å². The van der Waals surface area contributed by atoms with Crippen molar-refractivity contribution in [2.75, 3.05) is 10.6 Å². The molecule has 0 aliphatic rings. The summed E-state index contributed by atoms with van der Waals surface area (Å²) < 4.78 is 14.6. The number of hydrogen-bond acceptors (Lipinski definition) is 8. The second kappa shape index (κ2) is 15.4. The number of hydrogen-bond donors (Lipinski definition) is 2. The fraction of sp³-hybridized carbons (Fsp3) is 0. The Balaban J connectivity index is 0.959. The first-order valence-corrected chi connectivity index (χ1v) is 19.3. The van der Waals surface area contributed by atoms with Gasteiger partial charge in [0.2, 0.25) is 0 Å². The molecule has 0 unspecified atom stereocenters. The Hall–Kier alpha value is -4.22. The summed E-state index contributed by atoms with van der Waals surface area (Å²) in [5, 5.41) is 11.6. The molecule has 2 aromatic heterocycles. The molecule has 12 heteroatoms. The number of ether oxygens (including phenoxy) is 2. The molecule has 0 aliphatic carbocycles. The first kappa shape index (κ1) is 34.8. The molecule has 8 nitrogen and oxygen atoms in total. The van der Waals surface area contributed by atoms with E-state index in [0.717, 1.165) is 88.8 Å². The molecule has 8 rings (SSSR count). The van der Waals surface area contributed by atoms with E-state index in [9.17, 15) is 0 Å². The predicted octanol–water partition coefficient (Wildman–Crippen LogP) is 9.21. The standard InChI is InChI=1S/C40H24Cl2N6O2.2Na/c41-35-23-37(49-33-19-13-25-5-1-3-7-29(25)21-33)47-39(45-35)43-31-15-9-27(10-16-31)28-11-17-32(18-12-28)44-40-46-36(42)24-38(48-40)50-34-20-14-26-6-2-4-8-30(26)22-34;;/h1-9,11,13-24H,(H,43,45,47)(H,44,46,48);;. The van der Waals surface area contributed by atoms with Crippen LogP contribution in [0.4, 0.5) is 23.3 Å². The molecule has 0 fully saturated rings. The zero-order valence-corrected chi connectivity index (χ0v) is 33.6. The Labute approximate surface area is 344 Å². The fourth-order valence-corrected chi connectivity index (χ4v) is 7.90. The van der Waals surface area contributed by atoms with Gasteiger partial charge in [-0.25, -0.2) is 0 Å². The number of anilines is 4. The number of fused-ring (bicyclic) bond motifs is 2. The molecular formula is C40H24Cl2N6Na2O2. The van der Waals surface area contributed by atoms with Gasteiger partial charge in [-0.3, -0.25) is 0 Å². The summed E-state index contributed by atoms with van der Waals surface area (Å²) >= 11 is 14.4. The van der Waals surface area contributed by atoms with Gasteiger partial charge < -0.3 is 0 Å². The second-order valence-electron chi connectivity index (χ2n) is 12.2. The third kappa shape index (κ3) is 8.20. The van der Waals surface area contributed by atoms with Gasteiger partial charge in [0, 0.05) is 0 Å². The van der Waals surface area contributed by atoms with Gasteiger partial charge in [-0.15, -0.1) is 0 Å². The van der Waals surface area contributed by atoms with Gasteiger partial charge in [0.15, 0.2) is 0 Å². The summed E-state index contributed by atoms with van der Waals surface area (Å²) in [7, 11) is 0. The van der Waals surface area contributed by atoms with Crippen molar-refractivity contribution in [3.63, 3.8) is 0 Å². The zero-order chi connectivity index (χ0) is 35.6. The average Bonchev–Trinajstić information content (AvgIpc) is 3.11. The molecule has 0 bridgehead atoms. The summed E-state index contributed by atoms with van der Waals surface area (Å²) in [6.45, 7) is 0. The molecule has 0 radical (unpaired) electrons. The molecule has 52 heavy (non-hydrogen) atoms. The van der Waals surface area contributed by atoms with Gasteiger partial charge >= 0.3 is 311 Å². The van der Waals surface area contributed by atoms with Crippen LogP contribution in [-0.4, -0.2) is 75.8 Å². The van der Waals surface area contributed by atoms with E-state index in [-0.39, 0.29) is 10.3 Å². The van der Waals surface area contributed by atoms with Gasteiger partial charge in [0.05, 0.1) is 0 Å². The number of nitrogens with one attached hydrogen (secondary N) is 2. The summed E-state index contributed by atoms with van der Waals surface area (Å²) in [6, 6.07) is 43.8. The van der Waals surface area contributed by atoms with E-state index in [1.54, 1.807) is 12.1 Å². The maximum absolute atomic E-state index is 6.37. The molecule has 0 spiro atoms. The normalized spacial score (nSPS) is 11.1. The first-order valence-electron chi connectivity index (χ1n) is 16.5. The van der Waals surface area contributed by atoms with Crippen molar-refractivity contribution in [2.45, 2.75) is 0 Å². The molecule has 0 saturated heterocycles. The summed E-state index contributed by atoms with van der Waals surface area (Å²) in [5.41, 5.74) is 4.10. The molecular weight excluding hydrogens is 713 g/mol. The number of halogens is 2. The number of aromatic nitrogens is 4. The first-order chi connectivity index (χ1) is 25.3. The van der Waals surface area contributed by atoms with E-state index in [4.69, 9.17) is 32.7 Å². The van der Waals surface area contributed by atoms with Crippen LogP contribution in [0.25, 0.3) is 32.7 Å². The van der Waals surface area contributed by atoms with E-state index >= 15 is 0 Å². The predicted molar refractivity (Wildman–Crippen MR) is 211 cm³/mol. The Morgan fingerprint density at radius 2 is 0.865 bits per heavy atom. The van der Waals surface area contributed by atoms with E-state index in [2.05, 4.69) is 67.0 Å². The van der Waals surface area contributed by atoms with Crippen molar-refractivity contribution in [1.29, 1.82) is 0 Å². The van der Waals surface area contributed by atoms with Gasteiger partial charge in [0.1, 0.15) is 0 Å². The van der Waals surface area contributed by atoms with Crippen LogP contribution in [0.1, 0.15) is 0 Å². The van der Waals surface area contributed by atoms with Gasteiger partial charge in [-0.2, -0.15) is 0 Å². The third-order valence-corrected chi connectivity index (χ3v) is 10.5. The van der Waals surface area contributed by atoms with Crippen LogP contribution in [0.3, 0.4) is 0 Å². The molecule has 8 aromatic rings. The molecule has 2 N–H and O–H groups in total. The summed E-state index contributed by atoms with van der Waals surface area (Å²) in [6.07, 6.45) is 0. The molecule has 0 saturated carbocycles. The molecule has 2 heterocycles. The molecule has 0 aliphatic heterocycles. The van der Waals surface area contributed by atoms with Crippen LogP contribution in [-0.2, 0) is 0 Å². The van der Waals surface area contributed by atoms with E-state index in [0.29, 0.717) is 35.2 Å². The molecule has 242 valence electrons. The van der Waals surface area contributed by atoms with Gasteiger partial charge in [0.25, 0.3) is 0 Å². The Morgan fingerprint density at radius 1 is 0.442 bits per heavy atom. The zero-order valence-electron chi connectivity index (χ0n) is 28.1. The van der Waals surface area contributed by atoms with E-state index in [1.165, 1.54) is 16.8 Å². The number of rotatable bonds is 9. The quantitative estimate of drug-likeness (QED) is 0.112. The average molecular weight is 738 g/mol. The molecule has 0 atom stereocenters. The van der Waals surface area contributed by atoms with Crippen LogP contribution in [0.15, 0.2) is 133 Å². The van der Waals surface area contributed by atoms with Gasteiger partial charge in [-0.1, -0.05) is 36.4 Å². The molecule has 0 amide bonds. The Kier molecular flexibility index (Phi) is 10.3. The second-order valence-corrected chi connectivity index (χ2v) is 15.2. The van der Waals surface area contributed by atoms with Crippen LogP contribution < -0.4 is 25.7 Å². The van der Waals surface area contributed by atoms with Crippen LogP contribution in [0, 0.1) is 0 Å². The van der Waals surface area contributed by atoms with Gasteiger partial charge in [-0.05, 0) is 0 Å². The van der Waals surface area contributed by atoms with Crippen molar-refractivity contribution in [3.05, 3.63) is 144 Å². The van der Waals surface area contributed by atoms with Crippen molar-refractivity contribution >= 4 is 130 Å². The fourth-order valence-electron chi connectivity index (χ4n) is 6.06. The maximum atomic E-state index is 6.37. The van der Waals surface area contributed by atoms with Crippen molar-refractivity contribution in [1.82, 2.24) is 19.9 Å². The van der Waals surface area contributed by atoms with Crippen LogP contribution >= 0.6 is 23.2 Å². The van der Waals surface area contributed by atoms with Crippen LogP contribution in [0.2, 0.25) is 10.3 Å². The Bertz CT molecular complexity index is 2450. The third-order valence-electron chi connectivity index (χ3n) is 8.48. The molecule has 6 aromatic carbocycles. The topological polar surface area (TPSA) is 94.1 Å².